The fraction of sp³-hybridized carbons (Fsp3) is 0.500. The molecule has 80 valence electrons. The van der Waals surface area contributed by atoms with Gasteiger partial charge < -0.3 is 15.4 Å². The molecule has 0 saturated carbocycles. The Hall–Kier alpha value is -1.22. The summed E-state index contributed by atoms with van der Waals surface area (Å²) >= 11 is 0. The van der Waals surface area contributed by atoms with E-state index in [1.165, 1.54) is 11.3 Å². The van der Waals surface area contributed by atoms with E-state index in [1.807, 2.05) is 0 Å². The first kappa shape index (κ1) is 9.04. The molecule has 1 atom stereocenters. The molecule has 0 bridgehead atoms. The fourth-order valence-corrected chi connectivity index (χ4v) is 2.33. The zero-order chi connectivity index (χ0) is 10.1. The van der Waals surface area contributed by atoms with Crippen LogP contribution in [-0.2, 0) is 6.42 Å². The topological polar surface area (TPSA) is 33.3 Å². The molecule has 2 N–H and O–H groups in total. The Morgan fingerprint density at radius 2 is 2.27 bits per heavy atom. The van der Waals surface area contributed by atoms with Crippen LogP contribution in [0.2, 0.25) is 0 Å². The number of benzene rings is 1. The third kappa shape index (κ3) is 1.67. The Labute approximate surface area is 89.8 Å². The van der Waals surface area contributed by atoms with Gasteiger partial charge in [0.15, 0.2) is 0 Å². The molecule has 3 nitrogen and oxygen atoms in total. The summed E-state index contributed by atoms with van der Waals surface area (Å²) < 4.78 is 6.02. The molecule has 0 radical (unpaired) electrons. The fourth-order valence-electron chi connectivity index (χ4n) is 2.33. The monoisotopic (exact) mass is 204 g/mol. The first-order valence-electron chi connectivity index (χ1n) is 5.66. The second kappa shape index (κ2) is 3.74. The van der Waals surface area contributed by atoms with Crippen molar-refractivity contribution in [3.63, 3.8) is 0 Å². The van der Waals surface area contributed by atoms with Crippen LogP contribution in [0.1, 0.15) is 12.0 Å². The Bertz CT molecular complexity index is 359. The molecule has 1 aromatic rings. The highest BCUT2D eigenvalue weighted by atomic mass is 16.5. The highest BCUT2D eigenvalue weighted by Gasteiger charge is 2.20. The van der Waals surface area contributed by atoms with E-state index in [4.69, 9.17) is 4.74 Å². The van der Waals surface area contributed by atoms with Gasteiger partial charge in [-0.3, -0.25) is 0 Å². The Morgan fingerprint density at radius 1 is 1.27 bits per heavy atom. The van der Waals surface area contributed by atoms with Crippen LogP contribution in [-0.4, -0.2) is 25.7 Å². The molecular weight excluding hydrogens is 188 g/mol. The Kier molecular flexibility index (Phi) is 2.25. The van der Waals surface area contributed by atoms with E-state index in [0.29, 0.717) is 6.10 Å². The average Bonchev–Trinajstić information content (AvgIpc) is 2.87. The lowest BCUT2D eigenvalue weighted by molar-refractivity contribution is 0.221. The van der Waals surface area contributed by atoms with Gasteiger partial charge in [0.05, 0.1) is 0 Å². The molecule has 1 unspecified atom stereocenters. The van der Waals surface area contributed by atoms with Crippen LogP contribution >= 0.6 is 0 Å². The van der Waals surface area contributed by atoms with Crippen LogP contribution in [0.3, 0.4) is 0 Å². The van der Waals surface area contributed by atoms with Gasteiger partial charge in [-0.1, -0.05) is 6.07 Å². The number of rotatable bonds is 2. The molecule has 1 aromatic carbocycles. The SMILES string of the molecule is c1cc2c(c(OC3CCNC3)c1)CCN2. The van der Waals surface area contributed by atoms with Gasteiger partial charge in [-0.25, -0.2) is 0 Å². The molecule has 3 heteroatoms. The normalized spacial score (nSPS) is 23.6. The minimum absolute atomic E-state index is 0.358. The number of hydrogen-bond acceptors (Lipinski definition) is 3. The predicted molar refractivity (Wildman–Crippen MR) is 60.5 cm³/mol. The van der Waals surface area contributed by atoms with E-state index in [-0.39, 0.29) is 0 Å². The van der Waals surface area contributed by atoms with Gasteiger partial charge in [0.1, 0.15) is 11.9 Å². The van der Waals surface area contributed by atoms with Crippen molar-refractivity contribution in [3.05, 3.63) is 23.8 Å². The number of hydrogen-bond donors (Lipinski definition) is 2. The maximum Gasteiger partial charge on any atom is 0.125 e. The van der Waals surface area contributed by atoms with Gasteiger partial charge in [-0.05, 0) is 31.5 Å². The first-order valence-corrected chi connectivity index (χ1v) is 5.66. The summed E-state index contributed by atoms with van der Waals surface area (Å²) in [5, 5.41) is 6.69. The van der Waals surface area contributed by atoms with E-state index in [2.05, 4.69) is 28.8 Å². The molecule has 2 aliphatic rings. The van der Waals surface area contributed by atoms with E-state index in [1.54, 1.807) is 0 Å². The van der Waals surface area contributed by atoms with Crippen molar-refractivity contribution in [2.45, 2.75) is 18.9 Å². The number of anilines is 1. The quantitative estimate of drug-likeness (QED) is 0.764. The third-order valence-electron chi connectivity index (χ3n) is 3.13. The molecule has 1 saturated heterocycles. The van der Waals surface area contributed by atoms with Crippen LogP contribution in [0.4, 0.5) is 5.69 Å². The van der Waals surface area contributed by atoms with Crippen molar-refractivity contribution in [1.29, 1.82) is 0 Å². The minimum Gasteiger partial charge on any atom is -0.489 e. The molecule has 0 spiro atoms. The van der Waals surface area contributed by atoms with E-state index in [0.717, 1.165) is 38.2 Å². The number of fused-ring (bicyclic) bond motifs is 1. The average molecular weight is 204 g/mol. The maximum absolute atomic E-state index is 6.02. The van der Waals surface area contributed by atoms with Gasteiger partial charge >= 0.3 is 0 Å². The maximum atomic E-state index is 6.02. The van der Waals surface area contributed by atoms with Crippen molar-refractivity contribution in [3.8, 4) is 5.75 Å². The van der Waals surface area contributed by atoms with E-state index >= 15 is 0 Å². The second-order valence-electron chi connectivity index (χ2n) is 4.19. The van der Waals surface area contributed by atoms with Crippen LogP contribution in [0.25, 0.3) is 0 Å². The largest absolute Gasteiger partial charge is 0.489 e. The number of ether oxygens (including phenoxy) is 1. The van der Waals surface area contributed by atoms with Gasteiger partial charge in [-0.15, -0.1) is 0 Å². The van der Waals surface area contributed by atoms with E-state index in [9.17, 15) is 0 Å². The lowest BCUT2D eigenvalue weighted by atomic mass is 10.1. The molecule has 2 heterocycles. The lowest BCUT2D eigenvalue weighted by Crippen LogP contribution is -2.20. The molecule has 0 aromatic heterocycles. The molecule has 1 fully saturated rings. The highest BCUT2D eigenvalue weighted by Crippen LogP contribution is 2.31. The van der Waals surface area contributed by atoms with Crippen molar-refractivity contribution >= 4 is 5.69 Å². The van der Waals surface area contributed by atoms with Gasteiger partial charge in [0.25, 0.3) is 0 Å². The Balaban J connectivity index is 1.82. The van der Waals surface area contributed by atoms with Crippen molar-refractivity contribution in [2.75, 3.05) is 25.0 Å². The van der Waals surface area contributed by atoms with Crippen LogP contribution in [0.5, 0.6) is 5.75 Å². The zero-order valence-electron chi connectivity index (χ0n) is 8.75. The summed E-state index contributed by atoms with van der Waals surface area (Å²) in [6.45, 7) is 3.10. The first-order chi connectivity index (χ1) is 7.43. The molecule has 0 amide bonds. The molecule has 2 aliphatic heterocycles. The Morgan fingerprint density at radius 3 is 3.13 bits per heavy atom. The van der Waals surface area contributed by atoms with Crippen LogP contribution in [0.15, 0.2) is 18.2 Å². The zero-order valence-corrected chi connectivity index (χ0v) is 8.75. The summed E-state index contributed by atoms with van der Waals surface area (Å²) in [6.07, 6.45) is 2.57. The van der Waals surface area contributed by atoms with Crippen LogP contribution in [0, 0.1) is 0 Å². The summed E-state index contributed by atoms with van der Waals surface area (Å²) in [5.74, 6) is 1.08. The second-order valence-corrected chi connectivity index (χ2v) is 4.19. The van der Waals surface area contributed by atoms with Gasteiger partial charge in [-0.2, -0.15) is 0 Å². The molecule has 15 heavy (non-hydrogen) atoms. The van der Waals surface area contributed by atoms with Gasteiger partial charge in [0.2, 0.25) is 0 Å². The van der Waals surface area contributed by atoms with Gasteiger partial charge in [0, 0.05) is 24.3 Å². The van der Waals surface area contributed by atoms with Crippen LogP contribution < -0.4 is 15.4 Å². The van der Waals surface area contributed by atoms with Crippen molar-refractivity contribution in [1.82, 2.24) is 5.32 Å². The lowest BCUT2D eigenvalue weighted by Gasteiger charge is -2.15. The van der Waals surface area contributed by atoms with Crippen molar-refractivity contribution in [2.24, 2.45) is 0 Å². The third-order valence-corrected chi connectivity index (χ3v) is 3.13. The summed E-state index contributed by atoms with van der Waals surface area (Å²) in [6, 6.07) is 6.28. The standard InChI is InChI=1S/C12H16N2O/c1-2-11-10(5-7-14-11)12(3-1)15-9-4-6-13-8-9/h1-3,9,13-14H,4-8H2. The molecule has 0 aliphatic carbocycles. The molecule has 3 rings (SSSR count). The highest BCUT2D eigenvalue weighted by molar-refractivity contribution is 5.61. The van der Waals surface area contributed by atoms with Crippen molar-refractivity contribution < 1.29 is 4.74 Å². The van der Waals surface area contributed by atoms with E-state index < -0.39 is 0 Å². The summed E-state index contributed by atoms with van der Waals surface area (Å²) in [4.78, 5) is 0. The minimum atomic E-state index is 0.358. The summed E-state index contributed by atoms with van der Waals surface area (Å²) in [7, 11) is 0. The molecular formula is C12H16N2O. The summed E-state index contributed by atoms with van der Waals surface area (Å²) in [5.41, 5.74) is 2.60. The predicted octanol–water partition coefficient (Wildman–Crippen LogP) is 1.40. The number of nitrogens with one attached hydrogen (secondary N) is 2. The smallest absolute Gasteiger partial charge is 0.125 e.